The molecule has 0 bridgehead atoms. The van der Waals surface area contributed by atoms with E-state index < -0.39 is 0 Å². The fraction of sp³-hybridized carbons (Fsp3) is 0.438. The highest BCUT2D eigenvalue weighted by atomic mass is 16.5. The fourth-order valence-electron chi connectivity index (χ4n) is 2.30. The predicted octanol–water partition coefficient (Wildman–Crippen LogP) is 2.55. The monoisotopic (exact) mass is 274 g/mol. The lowest BCUT2D eigenvalue weighted by Gasteiger charge is -2.20. The highest BCUT2D eigenvalue weighted by Gasteiger charge is 2.13. The first-order valence-corrected chi connectivity index (χ1v) is 6.99. The van der Waals surface area contributed by atoms with Gasteiger partial charge >= 0.3 is 0 Å². The van der Waals surface area contributed by atoms with Gasteiger partial charge in [-0.25, -0.2) is 0 Å². The Hall–Kier alpha value is -1.49. The van der Waals surface area contributed by atoms with Crippen molar-refractivity contribution in [2.45, 2.75) is 13.0 Å². The van der Waals surface area contributed by atoms with Crippen LogP contribution in [0.2, 0.25) is 0 Å². The van der Waals surface area contributed by atoms with Crippen molar-refractivity contribution in [1.82, 2.24) is 10.3 Å². The molecule has 0 aliphatic heterocycles. The van der Waals surface area contributed by atoms with E-state index in [1.165, 1.54) is 10.9 Å². The molecule has 1 aromatic carbocycles. The average Bonchev–Trinajstić information content (AvgIpc) is 2.50. The molecule has 108 valence electrons. The molecule has 1 heterocycles. The van der Waals surface area contributed by atoms with Gasteiger partial charge in [-0.05, 0) is 23.6 Å². The zero-order valence-corrected chi connectivity index (χ0v) is 12.1. The van der Waals surface area contributed by atoms with Gasteiger partial charge in [0, 0.05) is 24.9 Å². The smallest absolute Gasteiger partial charge is 0.0701 e. The Morgan fingerprint density at radius 1 is 1.25 bits per heavy atom. The Balaban J connectivity index is 2.18. The van der Waals surface area contributed by atoms with Crippen molar-refractivity contribution in [2.24, 2.45) is 0 Å². The quantitative estimate of drug-likeness (QED) is 0.751. The van der Waals surface area contributed by atoms with Crippen molar-refractivity contribution >= 4 is 10.8 Å². The first kappa shape index (κ1) is 14.9. The van der Waals surface area contributed by atoms with Crippen LogP contribution in [0.15, 0.2) is 36.7 Å². The lowest BCUT2D eigenvalue weighted by molar-refractivity contribution is 0.0590. The van der Waals surface area contributed by atoms with Gasteiger partial charge in [-0.15, -0.1) is 0 Å². The van der Waals surface area contributed by atoms with E-state index in [1.807, 2.05) is 12.4 Å². The summed E-state index contributed by atoms with van der Waals surface area (Å²) >= 11 is 0. The van der Waals surface area contributed by atoms with E-state index in [0.717, 1.165) is 11.9 Å². The topological polar surface area (TPSA) is 43.4 Å². The largest absolute Gasteiger partial charge is 0.382 e. The number of aromatic nitrogens is 1. The number of methoxy groups -OCH3 is 1. The van der Waals surface area contributed by atoms with E-state index in [1.54, 1.807) is 7.11 Å². The summed E-state index contributed by atoms with van der Waals surface area (Å²) in [6.07, 6.45) is 3.73. The lowest BCUT2D eigenvalue weighted by atomic mass is 10.0. The molecule has 2 aromatic rings. The van der Waals surface area contributed by atoms with Crippen LogP contribution in [0.25, 0.3) is 10.8 Å². The number of ether oxygens (including phenoxy) is 2. The highest BCUT2D eigenvalue weighted by molar-refractivity contribution is 5.85. The van der Waals surface area contributed by atoms with Crippen molar-refractivity contribution in [3.63, 3.8) is 0 Å². The Labute approximate surface area is 120 Å². The van der Waals surface area contributed by atoms with Crippen LogP contribution in [0, 0.1) is 0 Å². The van der Waals surface area contributed by atoms with Crippen molar-refractivity contribution in [3.8, 4) is 0 Å². The third-order valence-corrected chi connectivity index (χ3v) is 3.26. The van der Waals surface area contributed by atoms with Crippen LogP contribution >= 0.6 is 0 Å². The molecule has 0 saturated carbocycles. The van der Waals surface area contributed by atoms with Gasteiger partial charge in [-0.3, -0.25) is 4.98 Å². The number of hydrogen-bond acceptors (Lipinski definition) is 4. The summed E-state index contributed by atoms with van der Waals surface area (Å²) in [4.78, 5) is 4.18. The second-order valence-electron chi connectivity index (χ2n) is 4.62. The molecule has 1 unspecified atom stereocenters. The molecule has 0 aliphatic carbocycles. The number of hydrogen-bond donors (Lipinski definition) is 1. The summed E-state index contributed by atoms with van der Waals surface area (Å²) in [7, 11) is 1.68. The number of likely N-dealkylation sites (N-methyl/N-ethyl adjacent to an activating group) is 1. The van der Waals surface area contributed by atoms with Gasteiger partial charge < -0.3 is 14.8 Å². The third kappa shape index (κ3) is 3.76. The summed E-state index contributed by atoms with van der Waals surface area (Å²) < 4.78 is 10.7. The summed E-state index contributed by atoms with van der Waals surface area (Å²) in [5.41, 5.74) is 1.25. The summed E-state index contributed by atoms with van der Waals surface area (Å²) in [5, 5.41) is 5.86. The maximum absolute atomic E-state index is 5.69. The highest BCUT2D eigenvalue weighted by Crippen LogP contribution is 2.23. The van der Waals surface area contributed by atoms with Crippen LogP contribution in [-0.2, 0) is 9.47 Å². The molecule has 0 radical (unpaired) electrons. The predicted molar refractivity (Wildman–Crippen MR) is 80.9 cm³/mol. The van der Waals surface area contributed by atoms with E-state index in [4.69, 9.17) is 9.47 Å². The van der Waals surface area contributed by atoms with E-state index in [9.17, 15) is 0 Å². The number of pyridine rings is 1. The van der Waals surface area contributed by atoms with Crippen LogP contribution in [0.4, 0.5) is 0 Å². The van der Waals surface area contributed by atoms with Crippen molar-refractivity contribution in [3.05, 3.63) is 42.2 Å². The minimum atomic E-state index is 0.183. The van der Waals surface area contributed by atoms with Gasteiger partial charge in [-0.1, -0.05) is 25.1 Å². The van der Waals surface area contributed by atoms with Crippen molar-refractivity contribution in [1.29, 1.82) is 0 Å². The van der Waals surface area contributed by atoms with Gasteiger partial charge in [-0.2, -0.15) is 0 Å². The Morgan fingerprint density at radius 2 is 2.15 bits per heavy atom. The minimum Gasteiger partial charge on any atom is -0.382 e. The van der Waals surface area contributed by atoms with Gasteiger partial charge in [0.15, 0.2) is 0 Å². The summed E-state index contributed by atoms with van der Waals surface area (Å²) in [5.74, 6) is 0. The summed E-state index contributed by atoms with van der Waals surface area (Å²) in [6.45, 7) is 4.89. The van der Waals surface area contributed by atoms with Gasteiger partial charge in [0.25, 0.3) is 0 Å². The molecule has 4 heteroatoms. The number of nitrogens with one attached hydrogen (secondary N) is 1. The number of benzene rings is 1. The van der Waals surface area contributed by atoms with Crippen LogP contribution < -0.4 is 5.32 Å². The molecule has 0 fully saturated rings. The molecule has 1 N–H and O–H groups in total. The number of nitrogens with zero attached hydrogens (tertiary/aromatic N) is 1. The second kappa shape index (κ2) is 7.94. The maximum atomic E-state index is 5.69. The summed E-state index contributed by atoms with van der Waals surface area (Å²) in [6, 6.07) is 8.54. The average molecular weight is 274 g/mol. The standard InChI is InChI=1S/C16H22N2O2/c1-3-18-16(12-20-10-9-19-2)15-6-4-5-13-11-17-8-7-14(13)15/h4-8,11,16,18H,3,9-10,12H2,1-2H3. The second-order valence-corrected chi connectivity index (χ2v) is 4.62. The first-order valence-electron chi connectivity index (χ1n) is 6.99. The molecule has 1 atom stereocenters. The molecule has 20 heavy (non-hydrogen) atoms. The van der Waals surface area contributed by atoms with Gasteiger partial charge in [0.1, 0.15) is 0 Å². The zero-order chi connectivity index (χ0) is 14.2. The first-order chi connectivity index (χ1) is 9.86. The van der Waals surface area contributed by atoms with Crippen molar-refractivity contribution in [2.75, 3.05) is 33.5 Å². The maximum Gasteiger partial charge on any atom is 0.0701 e. The molecular weight excluding hydrogens is 252 g/mol. The molecule has 2 rings (SSSR count). The van der Waals surface area contributed by atoms with E-state index in [-0.39, 0.29) is 6.04 Å². The number of fused-ring (bicyclic) bond motifs is 1. The molecule has 1 aromatic heterocycles. The van der Waals surface area contributed by atoms with Gasteiger partial charge in [0.05, 0.1) is 25.9 Å². The Kier molecular flexibility index (Phi) is 5.92. The third-order valence-electron chi connectivity index (χ3n) is 3.26. The van der Waals surface area contributed by atoms with Crippen LogP contribution in [-0.4, -0.2) is 38.5 Å². The normalized spacial score (nSPS) is 12.7. The molecule has 0 spiro atoms. The molecule has 0 saturated heterocycles. The van der Waals surface area contributed by atoms with Crippen LogP contribution in [0.3, 0.4) is 0 Å². The SMILES string of the molecule is CCNC(COCCOC)c1cccc2cnccc12. The lowest BCUT2D eigenvalue weighted by Crippen LogP contribution is -2.26. The Morgan fingerprint density at radius 3 is 2.95 bits per heavy atom. The van der Waals surface area contributed by atoms with Crippen LogP contribution in [0.5, 0.6) is 0 Å². The minimum absolute atomic E-state index is 0.183. The molecule has 4 nitrogen and oxygen atoms in total. The Bertz CT molecular complexity index is 525. The zero-order valence-electron chi connectivity index (χ0n) is 12.1. The molecular formula is C16H22N2O2. The van der Waals surface area contributed by atoms with E-state index in [0.29, 0.717) is 19.8 Å². The van der Waals surface area contributed by atoms with E-state index >= 15 is 0 Å². The van der Waals surface area contributed by atoms with Gasteiger partial charge in [0.2, 0.25) is 0 Å². The van der Waals surface area contributed by atoms with E-state index in [2.05, 4.69) is 41.5 Å². The molecule has 0 amide bonds. The van der Waals surface area contributed by atoms with Crippen LogP contribution in [0.1, 0.15) is 18.5 Å². The number of rotatable bonds is 8. The van der Waals surface area contributed by atoms with Crippen molar-refractivity contribution < 1.29 is 9.47 Å². The fourth-order valence-corrected chi connectivity index (χ4v) is 2.30. The molecule has 0 aliphatic rings.